The summed E-state index contributed by atoms with van der Waals surface area (Å²) in [6, 6.07) is 9.55. The number of nitrogens with zero attached hydrogens (tertiary/aromatic N) is 2. The molecule has 0 atom stereocenters. The number of esters is 1. The van der Waals surface area contributed by atoms with Crippen LogP contribution in [0, 0.1) is 0 Å². The second-order valence-electron chi connectivity index (χ2n) is 5.74. The molecule has 3 aromatic rings. The molecule has 1 heterocycles. The zero-order chi connectivity index (χ0) is 21.0. The van der Waals surface area contributed by atoms with Crippen molar-refractivity contribution in [2.75, 3.05) is 13.2 Å². The molecule has 0 unspecified atom stereocenters. The van der Waals surface area contributed by atoms with Crippen LogP contribution in [0.5, 0.6) is 5.75 Å². The molecule has 10 heteroatoms. The fourth-order valence-electron chi connectivity index (χ4n) is 2.51. The van der Waals surface area contributed by atoms with Crippen molar-refractivity contribution in [1.29, 1.82) is 0 Å². The second-order valence-corrected chi connectivity index (χ2v) is 6.56. The lowest BCUT2D eigenvalue weighted by Gasteiger charge is -2.10. The van der Waals surface area contributed by atoms with Gasteiger partial charge in [0.05, 0.1) is 33.8 Å². The van der Waals surface area contributed by atoms with E-state index in [0.29, 0.717) is 21.1 Å². The lowest BCUT2D eigenvalue weighted by atomic mass is 10.2. The summed E-state index contributed by atoms with van der Waals surface area (Å²) in [5.41, 5.74) is -0.408. The van der Waals surface area contributed by atoms with Gasteiger partial charge in [-0.05, 0) is 36.8 Å². The van der Waals surface area contributed by atoms with Crippen molar-refractivity contribution in [1.82, 2.24) is 9.66 Å². The highest BCUT2D eigenvalue weighted by molar-refractivity contribution is 6.37. The smallest absolute Gasteiger partial charge is 0.349 e. The zero-order valence-electron chi connectivity index (χ0n) is 15.1. The molecule has 29 heavy (non-hydrogen) atoms. The minimum absolute atomic E-state index is 0.110. The van der Waals surface area contributed by atoms with E-state index in [1.54, 1.807) is 31.2 Å². The molecular formula is C19H15Cl2N3O5. The topological polar surface area (TPSA) is 103 Å². The largest absolute Gasteiger partial charge is 0.479 e. The van der Waals surface area contributed by atoms with Crippen LogP contribution in [-0.4, -0.2) is 35.1 Å². The van der Waals surface area contributed by atoms with Gasteiger partial charge in [-0.1, -0.05) is 35.3 Å². The lowest BCUT2D eigenvalue weighted by molar-refractivity contribution is -0.145. The van der Waals surface area contributed by atoms with Crippen LogP contribution in [0.25, 0.3) is 10.9 Å². The summed E-state index contributed by atoms with van der Waals surface area (Å²) < 4.78 is 10.8. The molecule has 1 N–H and O–H groups in total. The molecule has 0 aliphatic carbocycles. The minimum Gasteiger partial charge on any atom is -0.479 e. The summed E-state index contributed by atoms with van der Waals surface area (Å²) in [7, 11) is 0. The number of hydrogen-bond acceptors (Lipinski definition) is 6. The van der Waals surface area contributed by atoms with Gasteiger partial charge in [0.15, 0.2) is 12.4 Å². The number of para-hydroxylation sites is 1. The molecule has 0 amide bonds. The molecule has 0 spiro atoms. The van der Waals surface area contributed by atoms with Crippen molar-refractivity contribution in [3.63, 3.8) is 0 Å². The molecule has 0 radical (unpaired) electrons. The Balaban J connectivity index is 1.88. The number of rotatable bonds is 6. The van der Waals surface area contributed by atoms with Crippen molar-refractivity contribution in [3.8, 4) is 5.75 Å². The average molecular weight is 436 g/mol. The van der Waals surface area contributed by atoms with Gasteiger partial charge in [0.1, 0.15) is 0 Å². The fraction of sp³-hybridized carbons (Fsp3) is 0.158. The molecule has 0 saturated carbocycles. The predicted octanol–water partition coefficient (Wildman–Crippen LogP) is 2.82. The van der Waals surface area contributed by atoms with E-state index in [9.17, 15) is 14.4 Å². The Morgan fingerprint density at radius 3 is 2.59 bits per heavy atom. The molecule has 8 nitrogen and oxygen atoms in total. The van der Waals surface area contributed by atoms with Crippen LogP contribution < -0.4 is 16.0 Å². The van der Waals surface area contributed by atoms with Gasteiger partial charge < -0.3 is 14.5 Å². The molecular weight excluding hydrogens is 421 g/mol. The first-order valence-corrected chi connectivity index (χ1v) is 9.22. The summed E-state index contributed by atoms with van der Waals surface area (Å²) in [6.07, 6.45) is 1.26. The number of hydrogen-bond donors (Lipinski definition) is 1. The van der Waals surface area contributed by atoms with Gasteiger partial charge in [0.25, 0.3) is 5.56 Å². The first kappa shape index (κ1) is 20.6. The van der Waals surface area contributed by atoms with E-state index in [1.807, 2.05) is 0 Å². The van der Waals surface area contributed by atoms with Crippen LogP contribution in [0.15, 0.2) is 51.1 Å². The summed E-state index contributed by atoms with van der Waals surface area (Å²) in [5, 5.41) is 4.52. The van der Waals surface area contributed by atoms with Crippen LogP contribution >= 0.6 is 23.2 Å². The fourth-order valence-corrected chi connectivity index (χ4v) is 3.12. The van der Waals surface area contributed by atoms with Gasteiger partial charge in [-0.25, -0.2) is 9.59 Å². The standard InChI is InChI=1S/C19H15Cl2N3O5/c1-2-28-16(25)10-29-17-13(20)7-11(8-14(17)21)9-22-24-18(26)12-5-3-4-6-15(12)23-19(24)27/h3-9H,2,10H2,1H3,(H,23,27). The molecule has 2 aromatic carbocycles. The van der Waals surface area contributed by atoms with E-state index >= 15 is 0 Å². The second kappa shape index (κ2) is 8.93. The van der Waals surface area contributed by atoms with E-state index in [-0.39, 0.29) is 29.0 Å². The number of nitrogens with one attached hydrogen (secondary N) is 1. The molecule has 0 aliphatic heterocycles. The van der Waals surface area contributed by atoms with E-state index in [1.165, 1.54) is 18.3 Å². The van der Waals surface area contributed by atoms with E-state index in [0.717, 1.165) is 0 Å². The number of carbonyl (C=O) groups is 1. The number of aromatic nitrogens is 2. The van der Waals surface area contributed by atoms with Gasteiger partial charge in [0, 0.05) is 0 Å². The third-order valence-electron chi connectivity index (χ3n) is 3.77. The Bertz CT molecular complexity index is 1190. The molecule has 1 aromatic heterocycles. The third-order valence-corrected chi connectivity index (χ3v) is 4.33. The maximum absolute atomic E-state index is 12.5. The Morgan fingerprint density at radius 1 is 1.21 bits per heavy atom. The molecule has 3 rings (SSSR count). The highest BCUT2D eigenvalue weighted by atomic mass is 35.5. The van der Waals surface area contributed by atoms with Gasteiger partial charge in [-0.15, -0.1) is 4.68 Å². The van der Waals surface area contributed by atoms with Crippen LogP contribution in [0.2, 0.25) is 10.0 Å². The van der Waals surface area contributed by atoms with Gasteiger partial charge in [-0.3, -0.25) is 4.79 Å². The number of ether oxygens (including phenoxy) is 2. The summed E-state index contributed by atoms with van der Waals surface area (Å²) in [5.74, 6) is -0.445. The first-order valence-electron chi connectivity index (χ1n) is 8.46. The molecule has 150 valence electrons. The van der Waals surface area contributed by atoms with Crippen molar-refractivity contribution in [2.24, 2.45) is 5.10 Å². The van der Waals surface area contributed by atoms with Crippen LogP contribution in [0.3, 0.4) is 0 Å². The number of fused-ring (bicyclic) bond motifs is 1. The SMILES string of the molecule is CCOC(=O)COc1c(Cl)cc(C=Nn2c(=O)[nH]c3ccccc3c2=O)cc1Cl. The Hall–Kier alpha value is -3.10. The quantitative estimate of drug-likeness (QED) is 0.473. The Morgan fingerprint density at radius 2 is 1.90 bits per heavy atom. The van der Waals surface area contributed by atoms with Crippen molar-refractivity contribution in [3.05, 3.63) is 72.8 Å². The number of aromatic amines is 1. The summed E-state index contributed by atoms with van der Waals surface area (Å²) in [6.45, 7) is 1.56. The molecule has 0 aliphatic rings. The van der Waals surface area contributed by atoms with Gasteiger partial charge >= 0.3 is 11.7 Å². The summed E-state index contributed by atoms with van der Waals surface area (Å²) in [4.78, 5) is 38.6. The monoisotopic (exact) mass is 435 g/mol. The van der Waals surface area contributed by atoms with Crippen molar-refractivity contribution < 1.29 is 14.3 Å². The number of H-pyrrole nitrogens is 1. The first-order chi connectivity index (χ1) is 13.9. The Kier molecular flexibility index (Phi) is 6.36. The Labute approximate surface area is 174 Å². The predicted molar refractivity (Wildman–Crippen MR) is 110 cm³/mol. The highest BCUT2D eigenvalue weighted by Crippen LogP contribution is 2.33. The molecule has 0 saturated heterocycles. The summed E-state index contributed by atoms with van der Waals surface area (Å²) >= 11 is 12.3. The van der Waals surface area contributed by atoms with E-state index < -0.39 is 17.2 Å². The van der Waals surface area contributed by atoms with Gasteiger partial charge in [0.2, 0.25) is 0 Å². The number of halogens is 2. The number of carbonyl (C=O) groups excluding carboxylic acids is 1. The van der Waals surface area contributed by atoms with Crippen LogP contribution in [0.4, 0.5) is 0 Å². The van der Waals surface area contributed by atoms with E-state index in [2.05, 4.69) is 10.1 Å². The third kappa shape index (κ3) is 4.67. The zero-order valence-corrected chi connectivity index (χ0v) is 16.7. The normalized spacial score (nSPS) is 11.1. The van der Waals surface area contributed by atoms with Crippen LogP contribution in [-0.2, 0) is 9.53 Å². The maximum atomic E-state index is 12.5. The van der Waals surface area contributed by atoms with Crippen LogP contribution in [0.1, 0.15) is 12.5 Å². The maximum Gasteiger partial charge on any atom is 0.349 e. The number of benzene rings is 2. The van der Waals surface area contributed by atoms with Crippen molar-refractivity contribution >= 4 is 46.3 Å². The lowest BCUT2D eigenvalue weighted by Crippen LogP contribution is -2.32. The average Bonchev–Trinajstić information content (AvgIpc) is 2.67. The van der Waals surface area contributed by atoms with Crippen molar-refractivity contribution in [2.45, 2.75) is 6.92 Å². The molecule has 0 bridgehead atoms. The molecule has 0 fully saturated rings. The van der Waals surface area contributed by atoms with Gasteiger partial charge in [-0.2, -0.15) is 5.10 Å². The van der Waals surface area contributed by atoms with E-state index in [4.69, 9.17) is 32.7 Å². The highest BCUT2D eigenvalue weighted by Gasteiger charge is 2.12. The minimum atomic E-state index is -0.684.